The Labute approximate surface area is 126 Å². The molecule has 112 valence electrons. The zero-order valence-corrected chi connectivity index (χ0v) is 12.7. The first-order chi connectivity index (χ1) is 10.00. The minimum absolute atomic E-state index is 0.0317. The predicted molar refractivity (Wildman–Crippen MR) is 77.9 cm³/mol. The SMILES string of the molecule is O=C(O)c1cc(S(=O)(=O)N2CCCC2c2ccc[nH]2)cs1. The van der Waals surface area contributed by atoms with Gasteiger partial charge in [0.2, 0.25) is 10.0 Å². The summed E-state index contributed by atoms with van der Waals surface area (Å²) in [5, 5.41) is 10.3. The minimum atomic E-state index is -3.67. The van der Waals surface area contributed by atoms with E-state index in [0.717, 1.165) is 29.9 Å². The van der Waals surface area contributed by atoms with Crippen LogP contribution in [0, 0.1) is 0 Å². The van der Waals surface area contributed by atoms with Gasteiger partial charge in [-0.15, -0.1) is 11.3 Å². The highest BCUT2D eigenvalue weighted by molar-refractivity contribution is 7.89. The number of H-pyrrole nitrogens is 1. The maximum atomic E-state index is 12.7. The third-order valence-electron chi connectivity index (χ3n) is 3.58. The standard InChI is InChI=1S/C13H14N2O4S2/c16-13(17)12-7-9(8-20-12)21(18,19)15-6-2-4-11(15)10-3-1-5-14-10/h1,3,5,7-8,11,14H,2,4,6H2,(H,16,17). The molecule has 0 radical (unpaired) electrons. The number of nitrogens with one attached hydrogen (secondary N) is 1. The van der Waals surface area contributed by atoms with E-state index in [4.69, 9.17) is 5.11 Å². The summed E-state index contributed by atoms with van der Waals surface area (Å²) in [5.41, 5.74) is 0.866. The Morgan fingerprint density at radius 3 is 2.90 bits per heavy atom. The Hall–Kier alpha value is -1.64. The molecule has 3 rings (SSSR count). The number of thiophene rings is 1. The highest BCUT2D eigenvalue weighted by atomic mass is 32.2. The number of sulfonamides is 1. The van der Waals surface area contributed by atoms with E-state index in [9.17, 15) is 13.2 Å². The summed E-state index contributed by atoms with van der Waals surface area (Å²) in [6.45, 7) is 0.449. The zero-order valence-electron chi connectivity index (χ0n) is 11.0. The largest absolute Gasteiger partial charge is 0.477 e. The van der Waals surface area contributed by atoms with Crippen molar-refractivity contribution in [1.82, 2.24) is 9.29 Å². The maximum Gasteiger partial charge on any atom is 0.345 e. The third kappa shape index (κ3) is 2.50. The second kappa shape index (κ2) is 5.28. The first-order valence-electron chi connectivity index (χ1n) is 6.47. The molecule has 8 heteroatoms. The monoisotopic (exact) mass is 326 g/mol. The number of carbonyl (C=O) groups is 1. The average molecular weight is 326 g/mol. The molecule has 2 aromatic heterocycles. The smallest absolute Gasteiger partial charge is 0.345 e. The molecule has 1 aliphatic rings. The number of aromatic nitrogens is 1. The van der Waals surface area contributed by atoms with Gasteiger partial charge in [0.25, 0.3) is 0 Å². The summed E-state index contributed by atoms with van der Waals surface area (Å²) < 4.78 is 26.9. The van der Waals surface area contributed by atoms with Gasteiger partial charge >= 0.3 is 5.97 Å². The van der Waals surface area contributed by atoms with Gasteiger partial charge in [-0.2, -0.15) is 4.31 Å². The van der Waals surface area contributed by atoms with Crippen LogP contribution in [0.3, 0.4) is 0 Å². The fourth-order valence-electron chi connectivity index (χ4n) is 2.59. The lowest BCUT2D eigenvalue weighted by atomic mass is 10.2. The first-order valence-corrected chi connectivity index (χ1v) is 8.79. The van der Waals surface area contributed by atoms with E-state index in [0.29, 0.717) is 6.54 Å². The lowest BCUT2D eigenvalue weighted by molar-refractivity contribution is 0.0702. The van der Waals surface area contributed by atoms with Crippen LogP contribution in [-0.4, -0.2) is 35.3 Å². The summed E-state index contributed by atoms with van der Waals surface area (Å²) in [6, 6.07) is 4.73. The molecule has 6 nitrogen and oxygen atoms in total. The molecule has 2 N–H and O–H groups in total. The molecule has 1 atom stereocenters. The topological polar surface area (TPSA) is 90.5 Å². The van der Waals surface area contributed by atoms with Gasteiger partial charge in [-0.3, -0.25) is 0 Å². The van der Waals surface area contributed by atoms with Crippen molar-refractivity contribution in [3.05, 3.63) is 40.3 Å². The third-order valence-corrected chi connectivity index (χ3v) is 6.53. The Balaban J connectivity index is 1.95. The summed E-state index contributed by atoms with van der Waals surface area (Å²) in [7, 11) is -3.67. The summed E-state index contributed by atoms with van der Waals surface area (Å²) in [5.74, 6) is -1.11. The molecule has 1 saturated heterocycles. The Bertz CT molecular complexity index is 749. The molecule has 0 aliphatic carbocycles. The molecule has 1 aliphatic heterocycles. The number of nitrogens with zero attached hydrogens (tertiary/aromatic N) is 1. The first kappa shape index (κ1) is 14.3. The molecule has 0 amide bonds. The van der Waals surface area contributed by atoms with Gasteiger partial charge < -0.3 is 10.1 Å². The van der Waals surface area contributed by atoms with Crippen molar-refractivity contribution >= 4 is 27.3 Å². The van der Waals surface area contributed by atoms with Crippen molar-refractivity contribution in [3.63, 3.8) is 0 Å². The molecular formula is C13H14N2O4S2. The van der Waals surface area contributed by atoms with Crippen molar-refractivity contribution in [2.24, 2.45) is 0 Å². The Morgan fingerprint density at radius 2 is 2.29 bits per heavy atom. The van der Waals surface area contributed by atoms with Crippen LogP contribution in [0.15, 0.2) is 34.7 Å². The lowest BCUT2D eigenvalue weighted by Crippen LogP contribution is -2.30. The van der Waals surface area contributed by atoms with Crippen molar-refractivity contribution in [2.75, 3.05) is 6.54 Å². The highest BCUT2D eigenvalue weighted by Gasteiger charge is 2.37. The van der Waals surface area contributed by atoms with Gasteiger partial charge in [-0.1, -0.05) is 0 Å². The normalized spacial score (nSPS) is 19.9. The van der Waals surface area contributed by atoms with Crippen LogP contribution in [0.2, 0.25) is 0 Å². The summed E-state index contributed by atoms with van der Waals surface area (Å²) in [4.78, 5) is 14.1. The number of carboxylic acid groups (broad SMARTS) is 1. The molecule has 0 aromatic carbocycles. The van der Waals surface area contributed by atoms with Gasteiger partial charge in [0.15, 0.2) is 0 Å². The highest BCUT2D eigenvalue weighted by Crippen LogP contribution is 2.36. The number of aromatic amines is 1. The lowest BCUT2D eigenvalue weighted by Gasteiger charge is -2.22. The quantitative estimate of drug-likeness (QED) is 0.902. The van der Waals surface area contributed by atoms with Gasteiger partial charge in [0, 0.05) is 23.8 Å². The van der Waals surface area contributed by atoms with Crippen LogP contribution in [0.1, 0.15) is 34.2 Å². The van der Waals surface area contributed by atoms with E-state index in [2.05, 4.69) is 4.98 Å². The van der Waals surface area contributed by atoms with Crippen LogP contribution in [0.4, 0.5) is 0 Å². The molecule has 0 spiro atoms. The van der Waals surface area contributed by atoms with Gasteiger partial charge in [0.1, 0.15) is 4.88 Å². The Morgan fingerprint density at radius 1 is 1.48 bits per heavy atom. The van der Waals surface area contributed by atoms with E-state index in [-0.39, 0.29) is 15.8 Å². The Kier molecular flexibility index (Phi) is 3.60. The van der Waals surface area contributed by atoms with Crippen molar-refractivity contribution in [2.45, 2.75) is 23.8 Å². The number of carboxylic acids is 1. The summed E-state index contributed by atoms with van der Waals surface area (Å²) in [6.07, 6.45) is 3.32. The molecule has 1 fully saturated rings. The van der Waals surface area contributed by atoms with Gasteiger partial charge in [-0.05, 0) is 31.0 Å². The number of hydrogen-bond acceptors (Lipinski definition) is 4. The van der Waals surface area contributed by atoms with Crippen LogP contribution in [0.25, 0.3) is 0 Å². The molecule has 1 unspecified atom stereocenters. The number of hydrogen-bond donors (Lipinski definition) is 2. The number of rotatable bonds is 4. The molecule has 21 heavy (non-hydrogen) atoms. The minimum Gasteiger partial charge on any atom is -0.477 e. The summed E-state index contributed by atoms with van der Waals surface area (Å²) >= 11 is 0.929. The second-order valence-corrected chi connectivity index (χ2v) is 7.65. The second-order valence-electron chi connectivity index (χ2n) is 4.85. The van der Waals surface area contributed by atoms with E-state index in [1.54, 1.807) is 6.20 Å². The number of aromatic carboxylic acids is 1. The van der Waals surface area contributed by atoms with Crippen LogP contribution in [0.5, 0.6) is 0 Å². The van der Waals surface area contributed by atoms with Gasteiger partial charge in [0.05, 0.1) is 10.9 Å². The van der Waals surface area contributed by atoms with Crippen LogP contribution < -0.4 is 0 Å². The van der Waals surface area contributed by atoms with E-state index >= 15 is 0 Å². The van der Waals surface area contributed by atoms with E-state index < -0.39 is 16.0 Å². The van der Waals surface area contributed by atoms with E-state index in [1.165, 1.54) is 15.8 Å². The fourth-order valence-corrected chi connectivity index (χ4v) is 5.37. The molecular weight excluding hydrogens is 312 g/mol. The fraction of sp³-hybridized carbons (Fsp3) is 0.308. The molecule has 0 saturated carbocycles. The predicted octanol–water partition coefficient (Wildman–Crippen LogP) is 2.30. The van der Waals surface area contributed by atoms with Crippen LogP contribution >= 0.6 is 11.3 Å². The zero-order chi connectivity index (χ0) is 15.0. The average Bonchev–Trinajstić information content (AvgIpc) is 3.19. The molecule has 2 aromatic rings. The van der Waals surface area contributed by atoms with Crippen LogP contribution in [-0.2, 0) is 10.0 Å². The van der Waals surface area contributed by atoms with Crippen molar-refractivity contribution in [1.29, 1.82) is 0 Å². The molecule has 0 bridgehead atoms. The maximum absolute atomic E-state index is 12.7. The van der Waals surface area contributed by atoms with E-state index in [1.807, 2.05) is 12.1 Å². The van der Waals surface area contributed by atoms with Gasteiger partial charge in [-0.25, -0.2) is 13.2 Å². The van der Waals surface area contributed by atoms with Crippen molar-refractivity contribution in [3.8, 4) is 0 Å². The van der Waals surface area contributed by atoms with Crippen molar-refractivity contribution < 1.29 is 18.3 Å². The molecule has 3 heterocycles.